The van der Waals surface area contributed by atoms with Gasteiger partial charge in [0.1, 0.15) is 0 Å². The molecular weight excluding hydrogens is 268 g/mol. The zero-order valence-corrected chi connectivity index (χ0v) is 12.8. The summed E-state index contributed by atoms with van der Waals surface area (Å²) in [6.07, 6.45) is 2.50. The summed E-state index contributed by atoms with van der Waals surface area (Å²) in [7, 11) is 0. The number of nitrogens with one attached hydrogen (secondary N) is 1. The van der Waals surface area contributed by atoms with Crippen molar-refractivity contribution < 1.29 is 14.7 Å². The van der Waals surface area contributed by atoms with Gasteiger partial charge in [-0.2, -0.15) is 0 Å². The summed E-state index contributed by atoms with van der Waals surface area (Å²) in [4.78, 5) is 23.3. The Morgan fingerprint density at radius 2 is 1.95 bits per heavy atom. The monoisotopic (exact) mass is 292 g/mol. The van der Waals surface area contributed by atoms with Crippen LogP contribution in [0.4, 0.5) is 5.69 Å². The minimum Gasteiger partial charge on any atom is -0.478 e. The van der Waals surface area contributed by atoms with Gasteiger partial charge in [-0.25, -0.2) is 4.79 Å². The van der Waals surface area contributed by atoms with Gasteiger partial charge in [-0.3, -0.25) is 4.79 Å². The summed E-state index contributed by atoms with van der Waals surface area (Å²) in [6, 6.07) is 5.10. The number of anilines is 1. The molecule has 0 aromatic heterocycles. The van der Waals surface area contributed by atoms with E-state index < -0.39 is 5.97 Å². The molecule has 5 heteroatoms. The fourth-order valence-corrected chi connectivity index (χ4v) is 2.08. The molecule has 2 unspecified atom stereocenters. The van der Waals surface area contributed by atoms with Gasteiger partial charge in [0.25, 0.3) is 0 Å². The standard InChI is InChI=1S/C16H24N2O3/c1-10-7-8-14(13(9-10)16(20)21)18-15(19)11(2)5-4-6-12(3)17/h7-9,11-12H,4-6,17H2,1-3H3,(H,18,19)(H,20,21). The second kappa shape index (κ2) is 7.78. The number of hydrogen-bond donors (Lipinski definition) is 3. The minimum atomic E-state index is -1.04. The van der Waals surface area contributed by atoms with E-state index in [4.69, 9.17) is 5.73 Å². The van der Waals surface area contributed by atoms with Crippen LogP contribution in [0.25, 0.3) is 0 Å². The van der Waals surface area contributed by atoms with Gasteiger partial charge in [-0.05, 0) is 38.8 Å². The van der Waals surface area contributed by atoms with Crippen LogP contribution in [0, 0.1) is 12.8 Å². The second-order valence-electron chi connectivity index (χ2n) is 5.65. The fraction of sp³-hybridized carbons (Fsp3) is 0.500. The van der Waals surface area contributed by atoms with Gasteiger partial charge < -0.3 is 16.2 Å². The Hall–Kier alpha value is -1.88. The molecule has 116 valence electrons. The van der Waals surface area contributed by atoms with Crippen molar-refractivity contribution in [1.29, 1.82) is 0 Å². The summed E-state index contributed by atoms with van der Waals surface area (Å²) < 4.78 is 0. The lowest BCUT2D eigenvalue weighted by molar-refractivity contribution is -0.119. The zero-order valence-electron chi connectivity index (χ0n) is 12.8. The van der Waals surface area contributed by atoms with Crippen LogP contribution < -0.4 is 11.1 Å². The van der Waals surface area contributed by atoms with Crippen LogP contribution in [-0.4, -0.2) is 23.0 Å². The summed E-state index contributed by atoms with van der Waals surface area (Å²) in [5, 5.41) is 11.9. The summed E-state index contributed by atoms with van der Waals surface area (Å²) in [6.45, 7) is 5.59. The van der Waals surface area contributed by atoms with Gasteiger partial charge in [-0.15, -0.1) is 0 Å². The number of carbonyl (C=O) groups excluding carboxylic acids is 1. The maximum Gasteiger partial charge on any atom is 0.337 e. The van der Waals surface area contributed by atoms with E-state index in [9.17, 15) is 14.7 Å². The summed E-state index contributed by atoms with van der Waals surface area (Å²) >= 11 is 0. The number of nitrogens with two attached hydrogens (primary N) is 1. The maximum absolute atomic E-state index is 12.1. The van der Waals surface area contributed by atoms with Crippen LogP contribution >= 0.6 is 0 Å². The molecule has 4 N–H and O–H groups in total. The Morgan fingerprint density at radius 3 is 2.52 bits per heavy atom. The normalized spacial score (nSPS) is 13.5. The van der Waals surface area contributed by atoms with Crippen molar-refractivity contribution in [2.75, 3.05) is 5.32 Å². The minimum absolute atomic E-state index is 0.117. The third-order valence-corrected chi connectivity index (χ3v) is 3.41. The van der Waals surface area contributed by atoms with E-state index >= 15 is 0 Å². The highest BCUT2D eigenvalue weighted by molar-refractivity contribution is 6.01. The second-order valence-corrected chi connectivity index (χ2v) is 5.65. The van der Waals surface area contributed by atoms with Crippen LogP contribution in [0.2, 0.25) is 0 Å². The van der Waals surface area contributed by atoms with Crippen LogP contribution in [0.3, 0.4) is 0 Å². The maximum atomic E-state index is 12.1. The van der Waals surface area contributed by atoms with E-state index in [0.717, 1.165) is 24.8 Å². The highest BCUT2D eigenvalue weighted by Crippen LogP contribution is 2.19. The van der Waals surface area contributed by atoms with E-state index in [1.807, 2.05) is 20.8 Å². The van der Waals surface area contributed by atoms with Gasteiger partial charge in [0, 0.05) is 12.0 Å². The van der Waals surface area contributed by atoms with Crippen molar-refractivity contribution in [3.63, 3.8) is 0 Å². The van der Waals surface area contributed by atoms with E-state index in [1.54, 1.807) is 18.2 Å². The highest BCUT2D eigenvalue weighted by Gasteiger charge is 2.17. The molecule has 21 heavy (non-hydrogen) atoms. The number of aromatic carboxylic acids is 1. The van der Waals surface area contributed by atoms with Gasteiger partial charge in [0.05, 0.1) is 11.3 Å². The number of carboxylic acid groups (broad SMARTS) is 1. The van der Waals surface area contributed by atoms with Crippen molar-refractivity contribution in [2.24, 2.45) is 11.7 Å². The Balaban J connectivity index is 2.68. The predicted octanol–water partition coefficient (Wildman–Crippen LogP) is 2.79. The quantitative estimate of drug-likeness (QED) is 0.720. The van der Waals surface area contributed by atoms with E-state index in [-0.39, 0.29) is 23.4 Å². The highest BCUT2D eigenvalue weighted by atomic mass is 16.4. The Kier molecular flexibility index (Phi) is 6.37. The zero-order chi connectivity index (χ0) is 16.0. The lowest BCUT2D eigenvalue weighted by atomic mass is 10.0. The molecule has 1 rings (SSSR count). The Labute approximate surface area is 125 Å². The number of rotatable bonds is 7. The van der Waals surface area contributed by atoms with E-state index in [2.05, 4.69) is 5.32 Å². The van der Waals surface area contributed by atoms with Gasteiger partial charge >= 0.3 is 5.97 Å². The van der Waals surface area contributed by atoms with Crippen LogP contribution in [0.15, 0.2) is 18.2 Å². The molecule has 1 aromatic rings. The number of aryl methyl sites for hydroxylation is 1. The Bertz CT molecular complexity index is 512. The fourth-order valence-electron chi connectivity index (χ4n) is 2.08. The lowest BCUT2D eigenvalue weighted by Gasteiger charge is -2.14. The third-order valence-electron chi connectivity index (χ3n) is 3.41. The first-order chi connectivity index (χ1) is 9.81. The topological polar surface area (TPSA) is 92.4 Å². The van der Waals surface area contributed by atoms with Crippen molar-refractivity contribution in [2.45, 2.75) is 46.1 Å². The molecule has 0 saturated carbocycles. The smallest absolute Gasteiger partial charge is 0.337 e. The van der Waals surface area contributed by atoms with Crippen LogP contribution in [0.5, 0.6) is 0 Å². The number of amides is 1. The lowest BCUT2D eigenvalue weighted by Crippen LogP contribution is -2.22. The van der Waals surface area contributed by atoms with Crippen molar-refractivity contribution >= 4 is 17.6 Å². The Morgan fingerprint density at radius 1 is 1.29 bits per heavy atom. The van der Waals surface area contributed by atoms with Crippen molar-refractivity contribution in [3.8, 4) is 0 Å². The summed E-state index contributed by atoms with van der Waals surface area (Å²) in [5.41, 5.74) is 6.98. The average molecular weight is 292 g/mol. The van der Waals surface area contributed by atoms with Gasteiger partial charge in [0.2, 0.25) is 5.91 Å². The molecule has 1 aromatic carbocycles. The SMILES string of the molecule is Cc1ccc(NC(=O)C(C)CCCC(C)N)c(C(=O)O)c1. The molecule has 0 saturated heterocycles. The molecule has 0 bridgehead atoms. The molecule has 0 aliphatic rings. The van der Waals surface area contributed by atoms with Crippen LogP contribution in [0.1, 0.15) is 49.0 Å². The molecule has 0 fully saturated rings. The molecule has 2 atom stereocenters. The number of benzene rings is 1. The average Bonchev–Trinajstić information content (AvgIpc) is 2.39. The molecule has 0 aliphatic carbocycles. The molecule has 1 amide bonds. The summed E-state index contributed by atoms with van der Waals surface area (Å²) in [5.74, 6) is -1.38. The van der Waals surface area contributed by atoms with E-state index in [0.29, 0.717) is 5.69 Å². The molecule has 0 aliphatic heterocycles. The number of hydrogen-bond acceptors (Lipinski definition) is 3. The van der Waals surface area contributed by atoms with Crippen LogP contribution in [-0.2, 0) is 4.79 Å². The largest absolute Gasteiger partial charge is 0.478 e. The third kappa shape index (κ3) is 5.55. The number of carboxylic acids is 1. The first kappa shape index (κ1) is 17.2. The van der Waals surface area contributed by atoms with Gasteiger partial charge in [-0.1, -0.05) is 25.0 Å². The van der Waals surface area contributed by atoms with Crippen molar-refractivity contribution in [1.82, 2.24) is 0 Å². The molecular formula is C16H24N2O3. The first-order valence-electron chi connectivity index (χ1n) is 7.21. The molecule has 5 nitrogen and oxygen atoms in total. The predicted molar refractivity (Wildman–Crippen MR) is 83.4 cm³/mol. The first-order valence-corrected chi connectivity index (χ1v) is 7.21. The molecule has 0 heterocycles. The van der Waals surface area contributed by atoms with Crippen molar-refractivity contribution in [3.05, 3.63) is 29.3 Å². The van der Waals surface area contributed by atoms with Gasteiger partial charge in [0.15, 0.2) is 0 Å². The van der Waals surface area contributed by atoms with E-state index in [1.165, 1.54) is 0 Å². The molecule has 0 radical (unpaired) electrons. The number of carbonyl (C=O) groups is 2. The molecule has 0 spiro atoms.